The minimum atomic E-state index is -1.000. The van der Waals surface area contributed by atoms with E-state index in [0.29, 0.717) is 18.4 Å². The van der Waals surface area contributed by atoms with Gasteiger partial charge in [-0.1, -0.05) is 12.5 Å². The number of rotatable bonds is 3. The minimum Gasteiger partial charge on any atom is -0.462 e. The van der Waals surface area contributed by atoms with Gasteiger partial charge in [-0.2, -0.15) is 0 Å². The first kappa shape index (κ1) is 25.4. The van der Waals surface area contributed by atoms with Crippen LogP contribution in [-0.4, -0.2) is 60.0 Å². The van der Waals surface area contributed by atoms with E-state index in [2.05, 4.69) is 0 Å². The van der Waals surface area contributed by atoms with Crippen LogP contribution in [0.15, 0.2) is 22.8 Å². The number of hydrogen-bond donors (Lipinski definition) is 0. The van der Waals surface area contributed by atoms with Crippen molar-refractivity contribution < 1.29 is 42.9 Å². The molecule has 2 aliphatic carbocycles. The molecule has 1 saturated carbocycles. The van der Waals surface area contributed by atoms with Gasteiger partial charge in [-0.15, -0.1) is 0 Å². The van der Waals surface area contributed by atoms with Gasteiger partial charge in [-0.05, 0) is 38.8 Å². The second-order valence-corrected chi connectivity index (χ2v) is 10.6. The molecule has 2 fully saturated rings. The first-order valence-corrected chi connectivity index (χ1v) is 12.0. The highest BCUT2D eigenvalue weighted by Crippen LogP contribution is 2.63. The number of ether oxygens (including phenoxy) is 5. The van der Waals surface area contributed by atoms with Crippen molar-refractivity contribution in [2.45, 2.75) is 104 Å². The monoisotopic (exact) mass is 490 g/mol. The molecule has 4 aliphatic rings. The molecule has 0 aromatic heterocycles. The molecule has 0 amide bonds. The molecule has 192 valence electrons. The number of epoxide rings is 1. The number of carbonyl (C=O) groups excluding carboxylic acids is 4. The zero-order valence-corrected chi connectivity index (χ0v) is 21.3. The Kier molecular flexibility index (Phi) is 6.36. The lowest BCUT2D eigenvalue weighted by molar-refractivity contribution is -0.208. The lowest BCUT2D eigenvalue weighted by atomic mass is 9.55. The summed E-state index contributed by atoms with van der Waals surface area (Å²) >= 11 is 0. The van der Waals surface area contributed by atoms with Crippen LogP contribution < -0.4 is 0 Å². The predicted octanol–water partition coefficient (Wildman–Crippen LogP) is 2.95. The lowest BCUT2D eigenvalue weighted by Gasteiger charge is -2.52. The van der Waals surface area contributed by atoms with E-state index in [-0.39, 0.29) is 24.4 Å². The Morgan fingerprint density at radius 3 is 2.20 bits per heavy atom. The van der Waals surface area contributed by atoms with Gasteiger partial charge >= 0.3 is 23.9 Å². The van der Waals surface area contributed by atoms with Crippen molar-refractivity contribution in [3.8, 4) is 0 Å². The van der Waals surface area contributed by atoms with Gasteiger partial charge in [0.15, 0.2) is 0 Å². The van der Waals surface area contributed by atoms with Gasteiger partial charge in [0.25, 0.3) is 0 Å². The van der Waals surface area contributed by atoms with Gasteiger partial charge in [0.2, 0.25) is 0 Å². The van der Waals surface area contributed by atoms with Gasteiger partial charge in [-0.25, -0.2) is 4.79 Å². The van der Waals surface area contributed by atoms with Crippen LogP contribution in [0.25, 0.3) is 0 Å². The Bertz CT molecular complexity index is 1030. The van der Waals surface area contributed by atoms with Crippen LogP contribution in [0, 0.1) is 11.3 Å². The summed E-state index contributed by atoms with van der Waals surface area (Å²) in [5, 5.41) is 0. The molecule has 0 radical (unpaired) electrons. The summed E-state index contributed by atoms with van der Waals surface area (Å²) in [4.78, 5) is 49.3. The van der Waals surface area contributed by atoms with Gasteiger partial charge in [0.05, 0.1) is 17.1 Å². The molecule has 35 heavy (non-hydrogen) atoms. The van der Waals surface area contributed by atoms with Crippen LogP contribution in [0.3, 0.4) is 0 Å². The maximum absolute atomic E-state index is 12.5. The number of esters is 4. The third-order valence-electron chi connectivity index (χ3n) is 8.16. The van der Waals surface area contributed by atoms with Crippen molar-refractivity contribution >= 4 is 23.9 Å². The molecular weight excluding hydrogens is 456 g/mol. The van der Waals surface area contributed by atoms with Gasteiger partial charge in [0.1, 0.15) is 24.4 Å². The summed E-state index contributed by atoms with van der Waals surface area (Å²) in [6, 6.07) is 0. The molecule has 2 aliphatic heterocycles. The van der Waals surface area contributed by atoms with E-state index in [0.717, 1.165) is 11.1 Å². The molecule has 0 bridgehead atoms. The Morgan fingerprint density at radius 1 is 0.971 bits per heavy atom. The molecule has 2 heterocycles. The largest absolute Gasteiger partial charge is 0.462 e. The SMILES string of the molecule is CC(=O)O[C@H]1C[C@@H]2O[C@]2(C)[C@@H]2CC3=C(C)C(=O)O[C@H]3/C=C(/C)C[C@@H](OC(C)=O)[C@H](OC(C)=O)[C@@]12C. The fraction of sp³-hybridized carbons (Fsp3) is 0.692. The lowest BCUT2D eigenvalue weighted by Crippen LogP contribution is -2.62. The van der Waals surface area contributed by atoms with E-state index < -0.39 is 53.3 Å². The summed E-state index contributed by atoms with van der Waals surface area (Å²) in [6.45, 7) is 11.4. The molecule has 9 nitrogen and oxygen atoms in total. The predicted molar refractivity (Wildman–Crippen MR) is 122 cm³/mol. The summed E-state index contributed by atoms with van der Waals surface area (Å²) in [7, 11) is 0. The highest BCUT2D eigenvalue weighted by Gasteiger charge is 2.72. The average molecular weight is 491 g/mol. The molecule has 0 aromatic carbocycles. The minimum absolute atomic E-state index is 0.160. The van der Waals surface area contributed by atoms with Gasteiger partial charge in [0, 0.05) is 45.1 Å². The second-order valence-electron chi connectivity index (χ2n) is 10.6. The molecule has 1 saturated heterocycles. The first-order chi connectivity index (χ1) is 16.3. The normalized spacial score (nSPS) is 41.8. The number of hydrogen-bond acceptors (Lipinski definition) is 9. The summed E-state index contributed by atoms with van der Waals surface area (Å²) in [5.74, 6) is -2.25. The van der Waals surface area contributed by atoms with Crippen molar-refractivity contribution in [1.29, 1.82) is 0 Å². The number of fused-ring (bicyclic) bond motifs is 4. The van der Waals surface area contributed by atoms with E-state index in [9.17, 15) is 19.2 Å². The van der Waals surface area contributed by atoms with Crippen LogP contribution in [0.4, 0.5) is 0 Å². The van der Waals surface area contributed by atoms with Crippen molar-refractivity contribution in [3.05, 3.63) is 22.8 Å². The van der Waals surface area contributed by atoms with Crippen LogP contribution in [0.1, 0.15) is 67.7 Å². The van der Waals surface area contributed by atoms with Crippen LogP contribution in [-0.2, 0) is 42.9 Å². The smallest absolute Gasteiger partial charge is 0.334 e. The molecule has 4 rings (SSSR count). The van der Waals surface area contributed by atoms with Gasteiger partial charge < -0.3 is 23.7 Å². The fourth-order valence-corrected chi connectivity index (χ4v) is 6.42. The Labute approximate surface area is 205 Å². The van der Waals surface area contributed by atoms with E-state index in [1.807, 2.05) is 26.8 Å². The fourth-order valence-electron chi connectivity index (χ4n) is 6.42. The van der Waals surface area contributed by atoms with Crippen LogP contribution in [0.5, 0.6) is 0 Å². The third kappa shape index (κ3) is 4.39. The average Bonchev–Trinajstić information content (AvgIpc) is 3.31. The molecular formula is C26H34O9. The van der Waals surface area contributed by atoms with E-state index in [1.54, 1.807) is 6.92 Å². The molecule has 0 unspecified atom stereocenters. The number of carbonyl (C=O) groups is 4. The molecule has 8 atom stereocenters. The highest BCUT2D eigenvalue weighted by atomic mass is 16.6. The van der Waals surface area contributed by atoms with Crippen LogP contribution >= 0.6 is 0 Å². The third-order valence-corrected chi connectivity index (χ3v) is 8.16. The zero-order chi connectivity index (χ0) is 25.9. The Morgan fingerprint density at radius 2 is 1.60 bits per heavy atom. The quantitative estimate of drug-likeness (QED) is 0.255. The molecule has 0 aromatic rings. The summed E-state index contributed by atoms with van der Waals surface area (Å²) in [5.41, 5.74) is 0.578. The zero-order valence-electron chi connectivity index (χ0n) is 21.3. The van der Waals surface area contributed by atoms with E-state index in [1.165, 1.54) is 20.8 Å². The molecule has 9 heteroatoms. The maximum atomic E-state index is 12.5. The van der Waals surface area contributed by atoms with Crippen molar-refractivity contribution in [1.82, 2.24) is 0 Å². The van der Waals surface area contributed by atoms with Crippen molar-refractivity contribution in [3.63, 3.8) is 0 Å². The van der Waals surface area contributed by atoms with Gasteiger partial charge in [-0.3, -0.25) is 14.4 Å². The highest BCUT2D eigenvalue weighted by molar-refractivity contribution is 5.92. The Balaban J connectivity index is 1.94. The second kappa shape index (κ2) is 8.76. The summed E-state index contributed by atoms with van der Waals surface area (Å²) < 4.78 is 29.4. The van der Waals surface area contributed by atoms with Crippen molar-refractivity contribution in [2.24, 2.45) is 11.3 Å². The topological polar surface area (TPSA) is 118 Å². The van der Waals surface area contributed by atoms with Crippen LogP contribution in [0.2, 0.25) is 0 Å². The molecule has 0 spiro atoms. The summed E-state index contributed by atoms with van der Waals surface area (Å²) in [6.07, 6.45) is -0.245. The van der Waals surface area contributed by atoms with E-state index >= 15 is 0 Å². The maximum Gasteiger partial charge on any atom is 0.334 e. The van der Waals surface area contributed by atoms with E-state index in [4.69, 9.17) is 23.7 Å². The Hall–Kier alpha value is -2.68. The van der Waals surface area contributed by atoms with Crippen molar-refractivity contribution in [2.75, 3.05) is 0 Å². The first-order valence-electron chi connectivity index (χ1n) is 12.0. The standard InChI is InChI=1S/C26H34O9/c1-12-8-18-17(13(2)24(30)34-18)10-20-25(6,21(32-15(4)28)11-22-26(20,7)35-22)23(33-16(5)29)19(9-12)31-14(3)27/h8,18-23H,9-11H2,1-7H3/b12-8-/t18-,19+,20+,21-,22-,23-,25+,26+/m0/s1. The molecule has 0 N–H and O–H groups in total.